The Bertz CT molecular complexity index is 237. The first-order valence-electron chi connectivity index (χ1n) is 6.33. The second-order valence-electron chi connectivity index (χ2n) is 5.86. The molecule has 1 aliphatic rings. The number of hydrogen-bond acceptors (Lipinski definition) is 2. The first kappa shape index (κ1) is 13.5. The molecule has 1 unspecified atom stereocenters. The Morgan fingerprint density at radius 2 is 1.88 bits per heavy atom. The van der Waals surface area contributed by atoms with Gasteiger partial charge in [-0.3, -0.25) is 4.79 Å². The zero-order valence-electron chi connectivity index (χ0n) is 11.0. The van der Waals surface area contributed by atoms with Gasteiger partial charge >= 0.3 is 0 Å². The number of likely N-dealkylation sites (tertiary alicyclic amines) is 1. The van der Waals surface area contributed by atoms with Crippen LogP contribution in [0.1, 0.15) is 47.0 Å². The maximum absolute atomic E-state index is 12.0. The molecule has 0 spiro atoms. The summed E-state index contributed by atoms with van der Waals surface area (Å²) in [5.74, 6) is 0.617. The number of carbonyl (C=O) groups is 1. The van der Waals surface area contributed by atoms with Gasteiger partial charge in [0.2, 0.25) is 5.91 Å². The number of rotatable bonds is 2. The third-order valence-corrected chi connectivity index (χ3v) is 3.43. The Morgan fingerprint density at radius 1 is 1.38 bits per heavy atom. The van der Waals surface area contributed by atoms with Crippen LogP contribution in [-0.4, -0.2) is 35.1 Å². The highest BCUT2D eigenvalue weighted by molar-refractivity contribution is 5.81. The predicted octanol–water partition coefficient (Wildman–Crippen LogP) is 2.04. The van der Waals surface area contributed by atoms with Crippen molar-refractivity contribution in [3.8, 4) is 0 Å². The van der Waals surface area contributed by atoms with Crippen molar-refractivity contribution in [1.82, 2.24) is 4.90 Å². The molecule has 0 saturated carbocycles. The number of aliphatic hydroxyl groups excluding tert-OH is 1. The van der Waals surface area contributed by atoms with Crippen LogP contribution in [0.2, 0.25) is 0 Å². The molecule has 1 fully saturated rings. The van der Waals surface area contributed by atoms with E-state index in [-0.39, 0.29) is 17.4 Å². The fourth-order valence-corrected chi connectivity index (χ4v) is 2.29. The van der Waals surface area contributed by atoms with Gasteiger partial charge in [-0.1, -0.05) is 27.7 Å². The summed E-state index contributed by atoms with van der Waals surface area (Å²) in [5.41, 5.74) is -0.282. The summed E-state index contributed by atoms with van der Waals surface area (Å²) in [6.45, 7) is 9.50. The molecule has 1 N–H and O–H groups in total. The number of hydrogen-bond donors (Lipinski definition) is 1. The van der Waals surface area contributed by atoms with Gasteiger partial charge in [0.05, 0.1) is 6.10 Å². The van der Waals surface area contributed by atoms with E-state index in [0.717, 1.165) is 32.4 Å². The average Bonchev–Trinajstić information content (AvgIpc) is 2.26. The van der Waals surface area contributed by atoms with Crippen LogP contribution in [0.3, 0.4) is 0 Å². The summed E-state index contributed by atoms with van der Waals surface area (Å²) in [7, 11) is 0. The predicted molar refractivity (Wildman–Crippen MR) is 65.1 cm³/mol. The molecule has 1 heterocycles. The topological polar surface area (TPSA) is 40.5 Å². The van der Waals surface area contributed by atoms with Crippen LogP contribution in [0.25, 0.3) is 0 Å². The van der Waals surface area contributed by atoms with Gasteiger partial charge in [0.15, 0.2) is 0 Å². The smallest absolute Gasteiger partial charge is 0.227 e. The van der Waals surface area contributed by atoms with E-state index in [1.54, 1.807) is 0 Å². The van der Waals surface area contributed by atoms with Gasteiger partial charge in [-0.15, -0.1) is 0 Å². The van der Waals surface area contributed by atoms with Gasteiger partial charge in [0.25, 0.3) is 0 Å². The summed E-state index contributed by atoms with van der Waals surface area (Å²) in [5, 5.41) is 9.76. The van der Waals surface area contributed by atoms with E-state index >= 15 is 0 Å². The molecule has 3 heteroatoms. The molecule has 94 valence electrons. The van der Waals surface area contributed by atoms with Crippen LogP contribution in [0.4, 0.5) is 0 Å². The van der Waals surface area contributed by atoms with E-state index in [1.165, 1.54) is 0 Å². The Hall–Kier alpha value is -0.570. The van der Waals surface area contributed by atoms with Crippen LogP contribution < -0.4 is 0 Å². The number of amides is 1. The van der Waals surface area contributed by atoms with Crippen molar-refractivity contribution in [3.63, 3.8) is 0 Å². The highest BCUT2D eigenvalue weighted by Crippen LogP contribution is 2.26. The molecule has 1 amide bonds. The molecule has 0 aliphatic carbocycles. The molecule has 0 aromatic carbocycles. The van der Waals surface area contributed by atoms with Crippen molar-refractivity contribution in [3.05, 3.63) is 0 Å². The molecule has 16 heavy (non-hydrogen) atoms. The van der Waals surface area contributed by atoms with Crippen molar-refractivity contribution < 1.29 is 9.90 Å². The Morgan fingerprint density at radius 3 is 2.25 bits per heavy atom. The average molecular weight is 227 g/mol. The third kappa shape index (κ3) is 3.21. The molecular weight excluding hydrogens is 202 g/mol. The summed E-state index contributed by atoms with van der Waals surface area (Å²) in [6.07, 6.45) is 2.51. The Kier molecular flexibility index (Phi) is 4.36. The van der Waals surface area contributed by atoms with Gasteiger partial charge in [-0.05, 0) is 25.2 Å². The maximum Gasteiger partial charge on any atom is 0.227 e. The van der Waals surface area contributed by atoms with Crippen molar-refractivity contribution in [2.75, 3.05) is 13.1 Å². The number of carbonyl (C=O) groups excluding carboxylic acids is 1. The minimum absolute atomic E-state index is 0.188. The first-order valence-corrected chi connectivity index (χ1v) is 6.33. The van der Waals surface area contributed by atoms with Gasteiger partial charge in [-0.2, -0.15) is 0 Å². The monoisotopic (exact) mass is 227 g/mol. The van der Waals surface area contributed by atoms with Gasteiger partial charge < -0.3 is 10.0 Å². The molecule has 0 aromatic heterocycles. The van der Waals surface area contributed by atoms with E-state index in [1.807, 2.05) is 32.6 Å². The molecular formula is C13H25NO2. The zero-order chi connectivity index (χ0) is 12.3. The molecule has 0 radical (unpaired) electrons. The quantitative estimate of drug-likeness (QED) is 0.784. The number of piperidine rings is 1. The number of nitrogens with zero attached hydrogens (tertiary/aromatic N) is 1. The fraction of sp³-hybridized carbons (Fsp3) is 0.923. The normalized spacial score (nSPS) is 20.9. The lowest BCUT2D eigenvalue weighted by molar-refractivity contribution is -0.141. The van der Waals surface area contributed by atoms with E-state index in [4.69, 9.17) is 0 Å². The third-order valence-electron chi connectivity index (χ3n) is 3.43. The summed E-state index contributed by atoms with van der Waals surface area (Å²) >= 11 is 0. The van der Waals surface area contributed by atoms with Crippen molar-refractivity contribution in [2.24, 2.45) is 11.3 Å². The van der Waals surface area contributed by atoms with Crippen LogP contribution in [0, 0.1) is 11.3 Å². The molecule has 1 atom stereocenters. The standard InChI is InChI=1S/C13H25NO2/c1-5-11(15)10-6-8-14(9-7-10)12(16)13(2,3)4/h10-11,15H,5-9H2,1-4H3. The lowest BCUT2D eigenvalue weighted by atomic mass is 9.88. The summed E-state index contributed by atoms with van der Waals surface area (Å²) < 4.78 is 0. The first-order chi connectivity index (χ1) is 7.36. The maximum atomic E-state index is 12.0. The minimum atomic E-state index is -0.282. The van der Waals surface area contributed by atoms with Gasteiger partial charge in [-0.25, -0.2) is 0 Å². The van der Waals surface area contributed by atoms with Crippen molar-refractivity contribution in [2.45, 2.75) is 53.1 Å². The van der Waals surface area contributed by atoms with Gasteiger partial charge in [0.1, 0.15) is 0 Å². The van der Waals surface area contributed by atoms with E-state index in [9.17, 15) is 9.90 Å². The van der Waals surface area contributed by atoms with Crippen molar-refractivity contribution in [1.29, 1.82) is 0 Å². The van der Waals surface area contributed by atoms with Crippen molar-refractivity contribution >= 4 is 5.91 Å². The fourth-order valence-electron chi connectivity index (χ4n) is 2.29. The molecule has 3 nitrogen and oxygen atoms in total. The van der Waals surface area contributed by atoms with Crippen LogP contribution in [0.15, 0.2) is 0 Å². The molecule has 1 saturated heterocycles. The van der Waals surface area contributed by atoms with Crippen LogP contribution >= 0.6 is 0 Å². The van der Waals surface area contributed by atoms with E-state index < -0.39 is 0 Å². The Balaban J connectivity index is 2.46. The minimum Gasteiger partial charge on any atom is -0.393 e. The zero-order valence-corrected chi connectivity index (χ0v) is 11.0. The summed E-state index contributed by atoms with van der Waals surface area (Å²) in [4.78, 5) is 14.0. The van der Waals surface area contributed by atoms with E-state index in [0.29, 0.717) is 5.92 Å². The number of aliphatic hydroxyl groups is 1. The molecule has 0 bridgehead atoms. The second kappa shape index (κ2) is 5.17. The molecule has 1 aliphatic heterocycles. The summed E-state index contributed by atoms with van der Waals surface area (Å²) in [6, 6.07) is 0. The van der Waals surface area contributed by atoms with Crippen LogP contribution in [0.5, 0.6) is 0 Å². The molecule has 0 aromatic rings. The molecule has 1 rings (SSSR count). The highest BCUT2D eigenvalue weighted by atomic mass is 16.3. The highest BCUT2D eigenvalue weighted by Gasteiger charge is 2.31. The second-order valence-corrected chi connectivity index (χ2v) is 5.86. The van der Waals surface area contributed by atoms with E-state index in [2.05, 4.69) is 0 Å². The van der Waals surface area contributed by atoms with Crippen LogP contribution in [-0.2, 0) is 4.79 Å². The largest absolute Gasteiger partial charge is 0.393 e. The Labute approximate surface area is 98.8 Å². The SMILES string of the molecule is CCC(O)C1CCN(C(=O)C(C)(C)C)CC1. The van der Waals surface area contributed by atoms with Gasteiger partial charge in [0, 0.05) is 18.5 Å². The lowest BCUT2D eigenvalue weighted by Gasteiger charge is -2.37. The lowest BCUT2D eigenvalue weighted by Crippen LogP contribution is -2.45.